The fourth-order valence-electron chi connectivity index (χ4n) is 4.02. The number of unbranched alkanes of at least 4 members (excludes halogenated alkanes) is 1. The molecule has 1 aliphatic rings. The van der Waals surface area contributed by atoms with Gasteiger partial charge in [-0.05, 0) is 47.1 Å². The summed E-state index contributed by atoms with van der Waals surface area (Å²) in [4.78, 5) is 14.2. The average Bonchev–Trinajstić information content (AvgIpc) is 2.77. The van der Waals surface area contributed by atoms with Crippen LogP contribution in [0.1, 0.15) is 50.7 Å². The molecule has 0 bridgehead atoms. The number of benzene rings is 2. The lowest BCUT2D eigenvalue weighted by Gasteiger charge is -2.28. The van der Waals surface area contributed by atoms with Gasteiger partial charge in [-0.15, -0.1) is 0 Å². The zero-order valence-corrected chi connectivity index (χ0v) is 18.2. The highest BCUT2D eigenvalue weighted by Gasteiger charge is 2.22. The van der Waals surface area contributed by atoms with E-state index in [-0.39, 0.29) is 17.1 Å². The number of carbonyl (C=O) groups is 1. The van der Waals surface area contributed by atoms with Crippen LogP contribution in [0.4, 0.5) is 0 Å². The minimum atomic E-state index is -0.0723. The highest BCUT2D eigenvalue weighted by Crippen LogP contribution is 2.36. The summed E-state index contributed by atoms with van der Waals surface area (Å²) in [5.74, 6) is 0.523. The van der Waals surface area contributed by atoms with Gasteiger partial charge in [0.05, 0.1) is 13.2 Å². The highest BCUT2D eigenvalue weighted by atomic mass is 16.5. The first-order valence-electron chi connectivity index (χ1n) is 10.9. The molecule has 3 N–H and O–H groups in total. The van der Waals surface area contributed by atoms with Gasteiger partial charge in [0.1, 0.15) is 5.75 Å². The first kappa shape index (κ1) is 22.3. The number of nitrogens with zero attached hydrogens (tertiary/aromatic N) is 1. The van der Waals surface area contributed by atoms with Crippen molar-refractivity contribution >= 4 is 5.91 Å². The van der Waals surface area contributed by atoms with Crippen molar-refractivity contribution < 1.29 is 14.6 Å². The third-order valence-electron chi connectivity index (χ3n) is 6.06. The standard InChI is InChI=1S/C25H34N2O3/c1-25(2,11-4-3-8-24(29)27-12-14-30-15-13-27)21-9-10-22(23(28)17-21)20-7-5-6-19(16-20)18-26/h5-7,9-10,16-17,28H,3-4,8,11-15,18,26H2,1-2H3. The lowest BCUT2D eigenvalue weighted by atomic mass is 9.79. The molecular formula is C25H34N2O3. The number of amides is 1. The Morgan fingerprint density at radius 3 is 2.60 bits per heavy atom. The van der Waals surface area contributed by atoms with Crippen LogP contribution in [0.2, 0.25) is 0 Å². The van der Waals surface area contributed by atoms with Gasteiger partial charge in [-0.25, -0.2) is 0 Å². The van der Waals surface area contributed by atoms with Crippen molar-refractivity contribution in [3.63, 3.8) is 0 Å². The fraction of sp³-hybridized carbons (Fsp3) is 0.480. The maximum absolute atomic E-state index is 12.3. The third kappa shape index (κ3) is 5.61. The van der Waals surface area contributed by atoms with Crippen LogP contribution in [0.25, 0.3) is 11.1 Å². The van der Waals surface area contributed by atoms with Crippen LogP contribution in [0.15, 0.2) is 42.5 Å². The van der Waals surface area contributed by atoms with Crippen LogP contribution < -0.4 is 5.73 Å². The van der Waals surface area contributed by atoms with E-state index < -0.39 is 0 Å². The summed E-state index contributed by atoms with van der Waals surface area (Å²) in [7, 11) is 0. The monoisotopic (exact) mass is 410 g/mol. The van der Waals surface area contributed by atoms with E-state index >= 15 is 0 Å². The third-order valence-corrected chi connectivity index (χ3v) is 6.06. The van der Waals surface area contributed by atoms with Crippen molar-refractivity contribution in [3.8, 4) is 16.9 Å². The summed E-state index contributed by atoms with van der Waals surface area (Å²) in [5.41, 5.74) is 9.62. The van der Waals surface area contributed by atoms with E-state index in [1.165, 1.54) is 0 Å². The molecule has 1 amide bonds. The fourth-order valence-corrected chi connectivity index (χ4v) is 4.02. The first-order valence-corrected chi connectivity index (χ1v) is 10.9. The number of morpholine rings is 1. The van der Waals surface area contributed by atoms with E-state index in [9.17, 15) is 9.90 Å². The van der Waals surface area contributed by atoms with Crippen LogP contribution in [-0.2, 0) is 21.5 Å². The number of nitrogens with two attached hydrogens (primary N) is 1. The molecule has 1 fully saturated rings. The summed E-state index contributed by atoms with van der Waals surface area (Å²) in [6.45, 7) is 7.59. The van der Waals surface area contributed by atoms with Crippen molar-refractivity contribution in [2.24, 2.45) is 5.73 Å². The number of aromatic hydroxyl groups is 1. The zero-order chi connectivity index (χ0) is 21.6. The minimum absolute atomic E-state index is 0.0723. The lowest BCUT2D eigenvalue weighted by molar-refractivity contribution is -0.135. The maximum atomic E-state index is 12.3. The van der Waals surface area contributed by atoms with Gasteiger partial charge in [-0.3, -0.25) is 4.79 Å². The van der Waals surface area contributed by atoms with E-state index in [1.807, 2.05) is 41.3 Å². The first-order chi connectivity index (χ1) is 14.4. The number of ether oxygens (including phenoxy) is 1. The van der Waals surface area contributed by atoms with E-state index in [2.05, 4.69) is 19.9 Å². The van der Waals surface area contributed by atoms with Crippen LogP contribution in [0.5, 0.6) is 5.75 Å². The van der Waals surface area contributed by atoms with Gasteiger partial charge in [-0.1, -0.05) is 50.6 Å². The average molecular weight is 411 g/mol. The molecule has 0 atom stereocenters. The van der Waals surface area contributed by atoms with E-state index in [0.717, 1.165) is 41.5 Å². The largest absolute Gasteiger partial charge is 0.507 e. The van der Waals surface area contributed by atoms with Gasteiger partial charge in [0.2, 0.25) is 5.91 Å². The Morgan fingerprint density at radius 2 is 1.90 bits per heavy atom. The Bertz CT molecular complexity index is 857. The Balaban J connectivity index is 1.57. The van der Waals surface area contributed by atoms with E-state index in [1.54, 1.807) is 0 Å². The SMILES string of the molecule is CC(C)(CCCCC(=O)N1CCOCC1)c1ccc(-c2cccc(CN)c2)c(O)c1. The predicted molar refractivity (Wildman–Crippen MR) is 120 cm³/mol. The Kier molecular flexibility index (Phi) is 7.51. The molecule has 1 aliphatic heterocycles. The van der Waals surface area contributed by atoms with Crippen molar-refractivity contribution in [1.82, 2.24) is 4.90 Å². The summed E-state index contributed by atoms with van der Waals surface area (Å²) < 4.78 is 5.31. The topological polar surface area (TPSA) is 75.8 Å². The quantitative estimate of drug-likeness (QED) is 0.639. The Hall–Kier alpha value is -2.37. The number of hydrogen-bond donors (Lipinski definition) is 2. The Morgan fingerprint density at radius 1 is 1.13 bits per heavy atom. The number of phenolic OH excluding ortho intramolecular Hbond substituents is 1. The second-order valence-corrected chi connectivity index (χ2v) is 8.72. The molecule has 0 aliphatic carbocycles. The lowest BCUT2D eigenvalue weighted by Crippen LogP contribution is -2.40. The second kappa shape index (κ2) is 10.1. The number of carbonyl (C=O) groups excluding carboxylic acids is 1. The highest BCUT2D eigenvalue weighted by molar-refractivity contribution is 5.76. The Labute approximate surface area is 179 Å². The molecular weight excluding hydrogens is 376 g/mol. The van der Waals surface area contributed by atoms with Crippen LogP contribution in [0, 0.1) is 0 Å². The van der Waals surface area contributed by atoms with E-state index in [4.69, 9.17) is 10.5 Å². The van der Waals surface area contributed by atoms with Gasteiger partial charge in [0.25, 0.3) is 0 Å². The molecule has 0 aromatic heterocycles. The summed E-state index contributed by atoms with van der Waals surface area (Å²) in [5, 5.41) is 10.7. The summed E-state index contributed by atoms with van der Waals surface area (Å²) >= 11 is 0. The number of phenols is 1. The molecule has 162 valence electrons. The molecule has 0 saturated carbocycles. The second-order valence-electron chi connectivity index (χ2n) is 8.72. The van der Waals surface area contributed by atoms with Gasteiger partial charge >= 0.3 is 0 Å². The molecule has 5 heteroatoms. The molecule has 5 nitrogen and oxygen atoms in total. The zero-order valence-electron chi connectivity index (χ0n) is 18.2. The molecule has 30 heavy (non-hydrogen) atoms. The summed E-state index contributed by atoms with van der Waals surface area (Å²) in [6.07, 6.45) is 3.42. The van der Waals surface area contributed by atoms with Gasteiger partial charge in [0.15, 0.2) is 0 Å². The molecule has 1 saturated heterocycles. The van der Waals surface area contributed by atoms with Crippen molar-refractivity contribution in [2.45, 2.75) is 51.5 Å². The van der Waals surface area contributed by atoms with Gasteiger partial charge < -0.3 is 20.5 Å². The van der Waals surface area contributed by atoms with Crippen molar-refractivity contribution in [2.75, 3.05) is 26.3 Å². The van der Waals surface area contributed by atoms with Crippen LogP contribution in [-0.4, -0.2) is 42.2 Å². The van der Waals surface area contributed by atoms with Gasteiger partial charge in [-0.2, -0.15) is 0 Å². The van der Waals surface area contributed by atoms with Crippen LogP contribution in [0.3, 0.4) is 0 Å². The molecule has 1 heterocycles. The van der Waals surface area contributed by atoms with Crippen LogP contribution >= 0.6 is 0 Å². The normalized spacial score (nSPS) is 14.7. The molecule has 0 radical (unpaired) electrons. The maximum Gasteiger partial charge on any atom is 0.222 e. The molecule has 2 aromatic carbocycles. The molecule has 0 spiro atoms. The molecule has 2 aromatic rings. The molecule has 0 unspecified atom stereocenters. The summed E-state index contributed by atoms with van der Waals surface area (Å²) in [6, 6.07) is 13.9. The van der Waals surface area contributed by atoms with Crippen molar-refractivity contribution in [1.29, 1.82) is 0 Å². The number of hydrogen-bond acceptors (Lipinski definition) is 4. The minimum Gasteiger partial charge on any atom is -0.507 e. The smallest absolute Gasteiger partial charge is 0.222 e. The molecule has 3 rings (SSSR count). The predicted octanol–water partition coefficient (Wildman–Crippen LogP) is 4.21. The number of rotatable bonds is 8. The van der Waals surface area contributed by atoms with Gasteiger partial charge in [0, 0.05) is 31.6 Å². The van der Waals surface area contributed by atoms with Crippen molar-refractivity contribution in [3.05, 3.63) is 53.6 Å². The van der Waals surface area contributed by atoms with E-state index in [0.29, 0.717) is 39.3 Å².